The molecule has 2 aromatic rings. The molecule has 1 aromatic heterocycles. The molecule has 0 aliphatic rings. The van der Waals surface area contributed by atoms with Gasteiger partial charge in [-0.1, -0.05) is 12.1 Å². The van der Waals surface area contributed by atoms with Crippen molar-refractivity contribution in [2.45, 2.75) is 12.7 Å². The maximum Gasteiger partial charge on any atom is 0.417 e. The molecule has 0 saturated carbocycles. The second kappa shape index (κ2) is 6.00. The van der Waals surface area contributed by atoms with Gasteiger partial charge in [0.25, 0.3) is 5.56 Å². The maximum absolute atomic E-state index is 13.4. The molecule has 22 heavy (non-hydrogen) atoms. The third-order valence-corrected chi connectivity index (χ3v) is 2.77. The number of amides is 1. The van der Waals surface area contributed by atoms with Crippen LogP contribution in [-0.2, 0) is 17.5 Å². The molecule has 0 saturated heterocycles. The minimum atomic E-state index is -4.63. The number of pyridine rings is 1. The number of benzene rings is 1. The lowest BCUT2D eigenvalue weighted by Crippen LogP contribution is -2.28. The van der Waals surface area contributed by atoms with Crippen molar-refractivity contribution in [3.63, 3.8) is 0 Å². The number of hydrogen-bond donors (Lipinski definition) is 1. The lowest BCUT2D eigenvalue weighted by molar-refractivity contribution is -0.138. The van der Waals surface area contributed by atoms with Crippen molar-refractivity contribution in [3.05, 3.63) is 64.3 Å². The third kappa shape index (κ3) is 3.72. The Morgan fingerprint density at radius 2 is 1.82 bits per heavy atom. The molecule has 0 unspecified atom stereocenters. The first-order valence-corrected chi connectivity index (χ1v) is 6.09. The summed E-state index contributed by atoms with van der Waals surface area (Å²) < 4.78 is 51.7. The number of anilines is 1. The molecular formula is C14H10F4N2O2. The standard InChI is InChI=1S/C14H10F4N2O2/c15-10-3-1-2-4-11(10)19-12(21)8-20-7-9(14(16,17)18)5-6-13(20)22/h1-7H,8H2,(H,19,21). The van der Waals surface area contributed by atoms with E-state index in [1.165, 1.54) is 18.2 Å². The molecule has 1 aromatic carbocycles. The van der Waals surface area contributed by atoms with Gasteiger partial charge < -0.3 is 9.88 Å². The van der Waals surface area contributed by atoms with Gasteiger partial charge in [-0.3, -0.25) is 9.59 Å². The van der Waals surface area contributed by atoms with Crippen molar-refractivity contribution in [3.8, 4) is 0 Å². The van der Waals surface area contributed by atoms with Crippen molar-refractivity contribution in [1.82, 2.24) is 4.57 Å². The van der Waals surface area contributed by atoms with E-state index in [4.69, 9.17) is 0 Å². The summed E-state index contributed by atoms with van der Waals surface area (Å²) in [5.74, 6) is -1.50. The summed E-state index contributed by atoms with van der Waals surface area (Å²) in [7, 11) is 0. The molecule has 0 spiro atoms. The summed E-state index contributed by atoms with van der Waals surface area (Å²) in [6, 6.07) is 6.67. The number of nitrogens with zero attached hydrogens (tertiary/aromatic N) is 1. The molecule has 0 bridgehead atoms. The van der Waals surface area contributed by atoms with Gasteiger partial charge in [-0.25, -0.2) is 4.39 Å². The number of nitrogens with one attached hydrogen (secondary N) is 1. The van der Waals surface area contributed by atoms with Crippen LogP contribution >= 0.6 is 0 Å². The smallest absolute Gasteiger partial charge is 0.322 e. The topological polar surface area (TPSA) is 51.1 Å². The first kappa shape index (κ1) is 15.7. The molecule has 0 radical (unpaired) electrons. The Balaban J connectivity index is 2.18. The number of rotatable bonds is 3. The fourth-order valence-corrected chi connectivity index (χ4v) is 1.73. The minimum Gasteiger partial charge on any atom is -0.322 e. The van der Waals surface area contributed by atoms with Gasteiger partial charge in [0.1, 0.15) is 12.4 Å². The number of alkyl halides is 3. The highest BCUT2D eigenvalue weighted by Crippen LogP contribution is 2.28. The van der Waals surface area contributed by atoms with Crippen molar-refractivity contribution >= 4 is 11.6 Å². The number of hydrogen-bond acceptors (Lipinski definition) is 2. The Morgan fingerprint density at radius 3 is 2.45 bits per heavy atom. The van der Waals surface area contributed by atoms with Crippen LogP contribution in [0.25, 0.3) is 0 Å². The third-order valence-electron chi connectivity index (χ3n) is 2.77. The van der Waals surface area contributed by atoms with Crippen LogP contribution in [0.1, 0.15) is 5.56 Å². The van der Waals surface area contributed by atoms with E-state index in [1.54, 1.807) is 0 Å². The van der Waals surface area contributed by atoms with Crippen molar-refractivity contribution < 1.29 is 22.4 Å². The van der Waals surface area contributed by atoms with Crippen LogP contribution in [-0.4, -0.2) is 10.5 Å². The molecule has 0 aliphatic carbocycles. The zero-order valence-corrected chi connectivity index (χ0v) is 11.0. The van der Waals surface area contributed by atoms with E-state index in [9.17, 15) is 27.2 Å². The highest BCUT2D eigenvalue weighted by atomic mass is 19.4. The zero-order valence-electron chi connectivity index (χ0n) is 11.0. The molecule has 1 N–H and O–H groups in total. The van der Waals surface area contributed by atoms with E-state index in [0.29, 0.717) is 16.8 Å². The van der Waals surface area contributed by atoms with Gasteiger partial charge >= 0.3 is 6.18 Å². The van der Waals surface area contributed by atoms with Crippen LogP contribution in [0.2, 0.25) is 0 Å². The van der Waals surface area contributed by atoms with Crippen LogP contribution in [0.3, 0.4) is 0 Å². The minimum absolute atomic E-state index is 0.118. The van der Waals surface area contributed by atoms with Crippen LogP contribution in [0.15, 0.2) is 47.4 Å². The Kier molecular flexibility index (Phi) is 4.30. The lowest BCUT2D eigenvalue weighted by Gasteiger charge is -2.11. The summed E-state index contributed by atoms with van der Waals surface area (Å²) in [5, 5.41) is 2.19. The van der Waals surface area contributed by atoms with E-state index < -0.39 is 35.6 Å². The summed E-state index contributed by atoms with van der Waals surface area (Å²) in [5.41, 5.74) is -1.94. The zero-order chi connectivity index (χ0) is 16.3. The second-order valence-corrected chi connectivity index (χ2v) is 4.41. The molecule has 2 rings (SSSR count). The molecule has 1 amide bonds. The Hall–Kier alpha value is -2.64. The first-order chi connectivity index (χ1) is 10.3. The molecule has 1 heterocycles. The maximum atomic E-state index is 13.4. The first-order valence-electron chi connectivity index (χ1n) is 6.09. The van der Waals surface area contributed by atoms with Gasteiger partial charge in [-0.05, 0) is 18.2 Å². The fourth-order valence-electron chi connectivity index (χ4n) is 1.73. The average Bonchev–Trinajstić information content (AvgIpc) is 2.42. The predicted octanol–water partition coefficient (Wildman–Crippen LogP) is 2.64. The van der Waals surface area contributed by atoms with E-state index in [-0.39, 0.29) is 5.69 Å². The fraction of sp³-hybridized carbons (Fsp3) is 0.143. The Morgan fingerprint density at radius 1 is 1.14 bits per heavy atom. The van der Waals surface area contributed by atoms with Gasteiger partial charge in [-0.2, -0.15) is 13.2 Å². The van der Waals surface area contributed by atoms with Crippen LogP contribution in [0, 0.1) is 5.82 Å². The van der Waals surface area contributed by atoms with Gasteiger partial charge in [-0.15, -0.1) is 0 Å². The average molecular weight is 314 g/mol. The van der Waals surface area contributed by atoms with Gasteiger partial charge in [0.2, 0.25) is 5.91 Å². The monoisotopic (exact) mass is 314 g/mol. The summed E-state index contributed by atoms with van der Waals surface area (Å²) in [6.07, 6.45) is -4.08. The van der Waals surface area contributed by atoms with Crippen molar-refractivity contribution in [2.24, 2.45) is 0 Å². The highest BCUT2D eigenvalue weighted by Gasteiger charge is 2.31. The molecule has 0 atom stereocenters. The van der Waals surface area contributed by atoms with Crippen molar-refractivity contribution in [2.75, 3.05) is 5.32 Å². The number of carbonyl (C=O) groups is 1. The van der Waals surface area contributed by atoms with Gasteiger partial charge in [0.15, 0.2) is 0 Å². The summed E-state index contributed by atoms with van der Waals surface area (Å²) in [6.45, 7) is -0.656. The summed E-state index contributed by atoms with van der Waals surface area (Å²) >= 11 is 0. The van der Waals surface area contributed by atoms with Gasteiger partial charge in [0.05, 0.1) is 11.3 Å². The largest absolute Gasteiger partial charge is 0.417 e. The molecule has 0 fully saturated rings. The van der Waals surface area contributed by atoms with Gasteiger partial charge in [0, 0.05) is 12.3 Å². The Labute approximate surface area is 122 Å². The normalized spacial score (nSPS) is 11.3. The van der Waals surface area contributed by atoms with Crippen LogP contribution in [0.5, 0.6) is 0 Å². The molecule has 0 aliphatic heterocycles. The molecular weight excluding hydrogens is 304 g/mol. The SMILES string of the molecule is O=C(Cn1cc(C(F)(F)F)ccc1=O)Nc1ccccc1F. The number of halogens is 4. The Bertz CT molecular complexity index is 753. The lowest BCUT2D eigenvalue weighted by atomic mass is 10.2. The number of carbonyl (C=O) groups excluding carboxylic acids is 1. The quantitative estimate of drug-likeness (QED) is 0.886. The summed E-state index contributed by atoms with van der Waals surface area (Å²) in [4.78, 5) is 23.2. The van der Waals surface area contributed by atoms with E-state index in [2.05, 4.69) is 5.32 Å². The van der Waals surface area contributed by atoms with Crippen molar-refractivity contribution in [1.29, 1.82) is 0 Å². The number of aromatic nitrogens is 1. The predicted molar refractivity (Wildman–Crippen MR) is 70.7 cm³/mol. The van der Waals surface area contributed by atoms with E-state index in [0.717, 1.165) is 12.1 Å². The molecule has 116 valence electrons. The van der Waals surface area contributed by atoms with Crippen LogP contribution in [0.4, 0.5) is 23.2 Å². The molecule has 4 nitrogen and oxygen atoms in total. The molecule has 8 heteroatoms. The van der Waals surface area contributed by atoms with E-state index >= 15 is 0 Å². The number of para-hydroxylation sites is 1. The van der Waals surface area contributed by atoms with E-state index in [1.807, 2.05) is 0 Å². The highest BCUT2D eigenvalue weighted by molar-refractivity contribution is 5.90. The second-order valence-electron chi connectivity index (χ2n) is 4.41. The van der Waals surface area contributed by atoms with Crippen LogP contribution < -0.4 is 10.9 Å².